The zero-order valence-corrected chi connectivity index (χ0v) is 11.6. The van der Waals surface area contributed by atoms with Crippen LogP contribution in [-0.4, -0.2) is 27.1 Å². The Hall–Kier alpha value is -0.580. The standard InChI is InChI=1S/C12H17BrO3/c1-8-9(2)11(6-5-10(8)13)16-7-12(14-3)15-4/h5-6,12H,7H2,1-4H3. The van der Waals surface area contributed by atoms with Crippen LogP contribution < -0.4 is 4.74 Å². The Morgan fingerprint density at radius 1 is 1.12 bits per heavy atom. The first-order valence-corrected chi connectivity index (χ1v) is 5.83. The van der Waals surface area contributed by atoms with Gasteiger partial charge in [-0.25, -0.2) is 0 Å². The molecule has 0 amide bonds. The maximum absolute atomic E-state index is 5.65. The van der Waals surface area contributed by atoms with E-state index in [1.807, 2.05) is 19.1 Å². The van der Waals surface area contributed by atoms with E-state index >= 15 is 0 Å². The Morgan fingerprint density at radius 2 is 1.75 bits per heavy atom. The van der Waals surface area contributed by atoms with Gasteiger partial charge in [-0.15, -0.1) is 0 Å². The second-order valence-electron chi connectivity index (χ2n) is 3.51. The zero-order valence-electron chi connectivity index (χ0n) is 10.0. The molecule has 90 valence electrons. The molecule has 0 N–H and O–H groups in total. The number of halogens is 1. The summed E-state index contributed by atoms with van der Waals surface area (Å²) in [6, 6.07) is 3.92. The maximum Gasteiger partial charge on any atom is 0.191 e. The van der Waals surface area contributed by atoms with Crippen LogP contribution in [0.3, 0.4) is 0 Å². The molecular weight excluding hydrogens is 272 g/mol. The number of hydrogen-bond donors (Lipinski definition) is 0. The van der Waals surface area contributed by atoms with E-state index < -0.39 is 0 Å². The summed E-state index contributed by atoms with van der Waals surface area (Å²) in [5.41, 5.74) is 2.31. The molecule has 0 aliphatic heterocycles. The van der Waals surface area contributed by atoms with Gasteiger partial charge in [0.05, 0.1) is 0 Å². The van der Waals surface area contributed by atoms with Gasteiger partial charge < -0.3 is 14.2 Å². The van der Waals surface area contributed by atoms with Gasteiger partial charge in [0.1, 0.15) is 12.4 Å². The third-order valence-corrected chi connectivity index (χ3v) is 3.43. The van der Waals surface area contributed by atoms with Crippen LogP contribution in [0.2, 0.25) is 0 Å². The van der Waals surface area contributed by atoms with Crippen molar-refractivity contribution >= 4 is 15.9 Å². The van der Waals surface area contributed by atoms with Crippen molar-refractivity contribution in [3.05, 3.63) is 27.7 Å². The predicted octanol–water partition coefficient (Wildman–Crippen LogP) is 3.06. The van der Waals surface area contributed by atoms with E-state index in [4.69, 9.17) is 14.2 Å². The van der Waals surface area contributed by atoms with E-state index in [-0.39, 0.29) is 6.29 Å². The number of hydrogen-bond acceptors (Lipinski definition) is 3. The van der Waals surface area contributed by atoms with Crippen LogP contribution >= 0.6 is 15.9 Å². The second-order valence-corrected chi connectivity index (χ2v) is 4.36. The molecule has 1 rings (SSSR count). The van der Waals surface area contributed by atoms with Crippen LogP contribution in [0.4, 0.5) is 0 Å². The summed E-state index contributed by atoms with van der Waals surface area (Å²) in [6.07, 6.45) is -0.330. The molecule has 0 spiro atoms. The third-order valence-electron chi connectivity index (χ3n) is 2.57. The molecule has 0 aliphatic carbocycles. The van der Waals surface area contributed by atoms with Gasteiger partial charge >= 0.3 is 0 Å². The summed E-state index contributed by atoms with van der Waals surface area (Å²) < 4.78 is 16.9. The molecule has 3 nitrogen and oxygen atoms in total. The number of benzene rings is 1. The lowest BCUT2D eigenvalue weighted by Gasteiger charge is -2.16. The molecular formula is C12H17BrO3. The van der Waals surface area contributed by atoms with Crippen LogP contribution in [0.1, 0.15) is 11.1 Å². The normalized spacial score (nSPS) is 10.9. The number of methoxy groups -OCH3 is 2. The molecule has 0 heterocycles. The van der Waals surface area contributed by atoms with Crippen molar-refractivity contribution in [1.82, 2.24) is 0 Å². The minimum absolute atomic E-state index is 0.330. The van der Waals surface area contributed by atoms with Gasteiger partial charge in [0.25, 0.3) is 0 Å². The van der Waals surface area contributed by atoms with Crippen LogP contribution in [0, 0.1) is 13.8 Å². The summed E-state index contributed by atoms with van der Waals surface area (Å²) in [4.78, 5) is 0. The molecule has 0 saturated heterocycles. The summed E-state index contributed by atoms with van der Waals surface area (Å²) in [5, 5.41) is 0. The van der Waals surface area contributed by atoms with Crippen molar-refractivity contribution in [3.8, 4) is 5.75 Å². The summed E-state index contributed by atoms with van der Waals surface area (Å²) in [6.45, 7) is 4.47. The van der Waals surface area contributed by atoms with Crippen molar-refractivity contribution in [1.29, 1.82) is 0 Å². The smallest absolute Gasteiger partial charge is 0.191 e. The van der Waals surface area contributed by atoms with E-state index in [2.05, 4.69) is 22.9 Å². The number of rotatable bonds is 5. The number of ether oxygens (including phenoxy) is 3. The molecule has 1 aromatic rings. The van der Waals surface area contributed by atoms with E-state index in [9.17, 15) is 0 Å². The average Bonchev–Trinajstić information content (AvgIpc) is 2.30. The fourth-order valence-corrected chi connectivity index (χ4v) is 1.74. The van der Waals surface area contributed by atoms with Crippen molar-refractivity contribution in [2.45, 2.75) is 20.1 Å². The SMILES string of the molecule is COC(COc1ccc(Br)c(C)c1C)OC. The van der Waals surface area contributed by atoms with E-state index in [0.29, 0.717) is 6.61 Å². The van der Waals surface area contributed by atoms with Gasteiger partial charge in [-0.2, -0.15) is 0 Å². The highest BCUT2D eigenvalue weighted by Gasteiger charge is 2.09. The molecule has 1 aromatic carbocycles. The molecule has 0 aliphatic rings. The quantitative estimate of drug-likeness (QED) is 0.780. The first kappa shape index (κ1) is 13.5. The fraction of sp³-hybridized carbons (Fsp3) is 0.500. The molecule has 0 bridgehead atoms. The minimum atomic E-state index is -0.330. The third kappa shape index (κ3) is 3.20. The lowest BCUT2D eigenvalue weighted by molar-refractivity contribution is -0.122. The second kappa shape index (κ2) is 6.23. The highest BCUT2D eigenvalue weighted by atomic mass is 79.9. The highest BCUT2D eigenvalue weighted by molar-refractivity contribution is 9.10. The minimum Gasteiger partial charge on any atom is -0.488 e. The van der Waals surface area contributed by atoms with Gasteiger partial charge in [0.15, 0.2) is 6.29 Å². The molecule has 0 saturated carbocycles. The molecule has 0 unspecified atom stereocenters. The monoisotopic (exact) mass is 288 g/mol. The molecule has 0 aromatic heterocycles. The lowest BCUT2D eigenvalue weighted by Crippen LogP contribution is -2.22. The summed E-state index contributed by atoms with van der Waals surface area (Å²) in [5.74, 6) is 0.861. The van der Waals surface area contributed by atoms with E-state index in [1.165, 1.54) is 5.56 Å². The van der Waals surface area contributed by atoms with Crippen LogP contribution in [0.25, 0.3) is 0 Å². The van der Waals surface area contributed by atoms with Crippen molar-refractivity contribution in [2.75, 3.05) is 20.8 Å². The first-order valence-electron chi connectivity index (χ1n) is 5.04. The molecule has 16 heavy (non-hydrogen) atoms. The maximum atomic E-state index is 5.65. The van der Waals surface area contributed by atoms with E-state index in [1.54, 1.807) is 14.2 Å². The van der Waals surface area contributed by atoms with Gasteiger partial charge in [-0.1, -0.05) is 15.9 Å². The topological polar surface area (TPSA) is 27.7 Å². The van der Waals surface area contributed by atoms with Gasteiger partial charge in [0.2, 0.25) is 0 Å². The Morgan fingerprint density at radius 3 is 2.31 bits per heavy atom. The first-order chi connectivity index (χ1) is 7.60. The predicted molar refractivity (Wildman–Crippen MR) is 66.9 cm³/mol. The molecule has 0 radical (unpaired) electrons. The molecule has 0 atom stereocenters. The zero-order chi connectivity index (χ0) is 12.1. The van der Waals surface area contributed by atoms with Gasteiger partial charge in [0, 0.05) is 18.7 Å². The van der Waals surface area contributed by atoms with E-state index in [0.717, 1.165) is 15.8 Å². The summed E-state index contributed by atoms with van der Waals surface area (Å²) in [7, 11) is 3.19. The molecule has 0 fully saturated rings. The Balaban J connectivity index is 2.71. The van der Waals surface area contributed by atoms with Crippen molar-refractivity contribution < 1.29 is 14.2 Å². The largest absolute Gasteiger partial charge is 0.488 e. The Labute approximate surface area is 105 Å². The van der Waals surface area contributed by atoms with Crippen molar-refractivity contribution in [3.63, 3.8) is 0 Å². The van der Waals surface area contributed by atoms with Gasteiger partial charge in [-0.05, 0) is 37.1 Å². The van der Waals surface area contributed by atoms with Gasteiger partial charge in [-0.3, -0.25) is 0 Å². The van der Waals surface area contributed by atoms with Crippen LogP contribution in [0.15, 0.2) is 16.6 Å². The molecule has 4 heteroatoms. The highest BCUT2D eigenvalue weighted by Crippen LogP contribution is 2.27. The fourth-order valence-electron chi connectivity index (χ4n) is 1.31. The Kier molecular flexibility index (Phi) is 5.25. The van der Waals surface area contributed by atoms with Crippen molar-refractivity contribution in [2.24, 2.45) is 0 Å². The van der Waals surface area contributed by atoms with Crippen LogP contribution in [0.5, 0.6) is 5.75 Å². The lowest BCUT2D eigenvalue weighted by atomic mass is 10.1. The Bertz CT molecular complexity index is 348. The summed E-state index contributed by atoms with van der Waals surface area (Å²) >= 11 is 3.48. The van der Waals surface area contributed by atoms with Crippen LogP contribution in [-0.2, 0) is 9.47 Å². The average molecular weight is 289 g/mol.